The van der Waals surface area contributed by atoms with Gasteiger partial charge in [0, 0.05) is 23.1 Å². The quantitative estimate of drug-likeness (QED) is 0.618. The van der Waals surface area contributed by atoms with E-state index >= 15 is 0 Å². The number of hydrogen-bond acceptors (Lipinski definition) is 0. The van der Waals surface area contributed by atoms with Crippen LogP contribution in [-0.2, 0) is 13.0 Å². The summed E-state index contributed by atoms with van der Waals surface area (Å²) < 4.78 is 2.55. The van der Waals surface area contributed by atoms with Crippen LogP contribution in [0.15, 0.2) is 84.9 Å². The van der Waals surface area contributed by atoms with Crippen molar-refractivity contribution in [1.82, 2.24) is 0 Å². The van der Waals surface area contributed by atoms with E-state index in [1.54, 1.807) is 0 Å². The van der Waals surface area contributed by atoms with Crippen molar-refractivity contribution < 1.29 is 4.58 Å². The third-order valence-corrected chi connectivity index (χ3v) is 4.73. The van der Waals surface area contributed by atoms with Crippen molar-refractivity contribution >= 4 is 5.71 Å². The van der Waals surface area contributed by atoms with Crippen LogP contribution in [0.1, 0.15) is 28.7 Å². The lowest BCUT2D eigenvalue weighted by Crippen LogP contribution is -2.23. The largest absolute Gasteiger partial charge is 0.225 e. The summed E-state index contributed by atoms with van der Waals surface area (Å²) >= 11 is 0. The first-order valence-corrected chi connectivity index (χ1v) is 8.71. The molecule has 0 radical (unpaired) electrons. The minimum Gasteiger partial charge on any atom is -0.225 e. The maximum absolute atomic E-state index is 2.55. The Balaban J connectivity index is 1.88. The Morgan fingerprint density at radius 2 is 1.38 bits per heavy atom. The lowest BCUT2D eigenvalue weighted by atomic mass is 9.96. The lowest BCUT2D eigenvalue weighted by Gasteiger charge is -2.10. The predicted octanol–water partition coefficient (Wildman–Crippen LogP) is 4.68. The molecule has 0 aromatic heterocycles. The second kappa shape index (κ2) is 6.84. The molecular weight excluding hydrogens is 290 g/mol. The molecule has 0 bridgehead atoms. The molecule has 0 saturated heterocycles. The normalized spacial score (nSPS) is 14.2. The van der Waals surface area contributed by atoms with Gasteiger partial charge in [-0.25, -0.2) is 4.58 Å². The molecule has 0 amide bonds. The Labute approximate surface area is 143 Å². The number of benzene rings is 3. The van der Waals surface area contributed by atoms with Crippen molar-refractivity contribution in [3.63, 3.8) is 0 Å². The summed E-state index contributed by atoms with van der Waals surface area (Å²) in [5, 5.41) is 0. The smallest absolute Gasteiger partial charge is 0.215 e. The van der Waals surface area contributed by atoms with Gasteiger partial charge in [-0.15, -0.1) is 0 Å². The molecule has 0 aliphatic carbocycles. The third kappa shape index (κ3) is 3.03. The molecule has 0 N–H and O–H groups in total. The molecule has 1 heterocycles. The summed E-state index contributed by atoms with van der Waals surface area (Å²) in [7, 11) is 0. The molecule has 24 heavy (non-hydrogen) atoms. The molecule has 1 aliphatic heterocycles. The number of nitrogens with zero attached hydrogens (tertiary/aromatic N) is 1. The van der Waals surface area contributed by atoms with Crippen LogP contribution < -0.4 is 0 Å². The summed E-state index contributed by atoms with van der Waals surface area (Å²) in [5.74, 6) is 0. The van der Waals surface area contributed by atoms with E-state index in [-0.39, 0.29) is 0 Å². The zero-order valence-corrected chi connectivity index (χ0v) is 13.9. The molecule has 3 aromatic rings. The molecule has 0 unspecified atom stereocenters. The molecule has 1 nitrogen and oxygen atoms in total. The van der Waals surface area contributed by atoms with Crippen LogP contribution in [0.4, 0.5) is 0 Å². The summed E-state index contributed by atoms with van der Waals surface area (Å²) in [6.45, 7) is 2.05. The first-order chi connectivity index (χ1) is 11.9. The molecule has 0 spiro atoms. The highest BCUT2D eigenvalue weighted by Crippen LogP contribution is 2.21. The molecule has 0 saturated carbocycles. The van der Waals surface area contributed by atoms with Crippen molar-refractivity contribution in [1.29, 1.82) is 0 Å². The molecule has 0 fully saturated rings. The van der Waals surface area contributed by atoms with Gasteiger partial charge in [0.1, 0.15) is 6.54 Å². The van der Waals surface area contributed by atoms with Gasteiger partial charge >= 0.3 is 0 Å². The van der Waals surface area contributed by atoms with E-state index in [0.717, 1.165) is 19.5 Å². The van der Waals surface area contributed by atoms with Gasteiger partial charge in [0.15, 0.2) is 6.54 Å². The van der Waals surface area contributed by atoms with Crippen LogP contribution in [0.3, 0.4) is 0 Å². The second-order valence-corrected chi connectivity index (χ2v) is 6.38. The summed E-state index contributed by atoms with van der Waals surface area (Å²) in [6, 6.07) is 30.5. The summed E-state index contributed by atoms with van der Waals surface area (Å²) in [6.07, 6.45) is 2.35. The van der Waals surface area contributed by atoms with Crippen molar-refractivity contribution in [3.05, 3.63) is 107 Å². The number of hydrogen-bond donors (Lipinski definition) is 0. The Morgan fingerprint density at radius 3 is 2.17 bits per heavy atom. The zero-order chi connectivity index (χ0) is 16.2. The third-order valence-electron chi connectivity index (χ3n) is 4.73. The van der Waals surface area contributed by atoms with Crippen molar-refractivity contribution in [3.8, 4) is 0 Å². The summed E-state index contributed by atoms with van der Waals surface area (Å²) in [5.41, 5.74) is 6.89. The van der Waals surface area contributed by atoms with Gasteiger partial charge in [0.25, 0.3) is 0 Å². The Bertz CT molecular complexity index is 847. The molecule has 118 valence electrons. The van der Waals surface area contributed by atoms with Crippen molar-refractivity contribution in [2.45, 2.75) is 19.4 Å². The van der Waals surface area contributed by atoms with Crippen LogP contribution in [0, 0.1) is 0 Å². The highest BCUT2D eigenvalue weighted by molar-refractivity contribution is 6.10. The molecule has 0 atom stereocenters. The van der Waals surface area contributed by atoms with E-state index < -0.39 is 0 Å². The highest BCUT2D eigenvalue weighted by atomic mass is 15.0. The maximum Gasteiger partial charge on any atom is 0.215 e. The van der Waals surface area contributed by atoms with Crippen LogP contribution in [0.25, 0.3) is 0 Å². The van der Waals surface area contributed by atoms with Crippen molar-refractivity contribution in [2.24, 2.45) is 0 Å². The number of fused-ring (bicyclic) bond motifs is 1. The van der Waals surface area contributed by atoms with E-state index in [1.807, 2.05) is 0 Å². The first-order valence-electron chi connectivity index (χ1n) is 8.71. The van der Waals surface area contributed by atoms with E-state index in [0.29, 0.717) is 0 Å². The topological polar surface area (TPSA) is 3.01 Å². The zero-order valence-electron chi connectivity index (χ0n) is 13.9. The second-order valence-electron chi connectivity index (χ2n) is 6.38. The molecule has 3 aromatic carbocycles. The maximum atomic E-state index is 2.55. The molecule has 4 rings (SSSR count). The van der Waals surface area contributed by atoms with Crippen LogP contribution >= 0.6 is 0 Å². The molecule has 1 heteroatoms. The average molecular weight is 312 g/mol. The van der Waals surface area contributed by atoms with Crippen LogP contribution in [-0.4, -0.2) is 16.8 Å². The van der Waals surface area contributed by atoms with Gasteiger partial charge in [-0.1, -0.05) is 66.7 Å². The van der Waals surface area contributed by atoms with Crippen LogP contribution in [0.5, 0.6) is 0 Å². The van der Waals surface area contributed by atoms with Gasteiger partial charge in [-0.05, 0) is 30.2 Å². The number of aryl methyl sites for hydroxylation is 1. The Kier molecular flexibility index (Phi) is 4.24. The molecule has 1 aliphatic rings. The van der Waals surface area contributed by atoms with Gasteiger partial charge in [0.05, 0.1) is 0 Å². The van der Waals surface area contributed by atoms with Crippen molar-refractivity contribution in [2.75, 3.05) is 6.54 Å². The van der Waals surface area contributed by atoms with Gasteiger partial charge in [-0.2, -0.15) is 0 Å². The first kappa shape index (κ1) is 14.9. The SMILES string of the molecule is c1ccc(C[N+]2=C(c3ccccc3)c3ccccc3CCC2)cc1. The van der Waals surface area contributed by atoms with E-state index in [4.69, 9.17) is 0 Å². The van der Waals surface area contributed by atoms with Gasteiger partial charge in [0.2, 0.25) is 5.71 Å². The Hall–Kier alpha value is -2.67. The standard InChI is InChI=1S/C23H22N/c1-3-10-19(11-4-1)18-24-17-9-15-20-12-7-8-16-22(20)23(24)21-13-5-2-6-14-21/h1-8,10-14,16H,9,15,17-18H2/q+1. The number of rotatable bonds is 3. The van der Waals surface area contributed by atoms with Gasteiger partial charge < -0.3 is 0 Å². The monoisotopic (exact) mass is 312 g/mol. The Morgan fingerprint density at radius 1 is 0.708 bits per heavy atom. The minimum absolute atomic E-state index is 0.958. The van der Waals surface area contributed by atoms with E-state index in [2.05, 4.69) is 89.5 Å². The van der Waals surface area contributed by atoms with Gasteiger partial charge in [-0.3, -0.25) is 0 Å². The fourth-order valence-corrected chi connectivity index (χ4v) is 3.61. The summed E-state index contributed by atoms with van der Waals surface area (Å²) in [4.78, 5) is 0. The predicted molar refractivity (Wildman–Crippen MR) is 99.7 cm³/mol. The van der Waals surface area contributed by atoms with Crippen LogP contribution in [0.2, 0.25) is 0 Å². The fraction of sp³-hybridized carbons (Fsp3) is 0.174. The lowest BCUT2D eigenvalue weighted by molar-refractivity contribution is -0.543. The minimum atomic E-state index is 0.958. The van der Waals surface area contributed by atoms with E-state index in [9.17, 15) is 0 Å². The molecular formula is C23H22N+. The van der Waals surface area contributed by atoms with E-state index in [1.165, 1.54) is 34.4 Å². The average Bonchev–Trinajstić information content (AvgIpc) is 2.82. The fourth-order valence-electron chi connectivity index (χ4n) is 3.61. The highest BCUT2D eigenvalue weighted by Gasteiger charge is 2.25.